The van der Waals surface area contributed by atoms with Crippen LogP contribution in [0.2, 0.25) is 0 Å². The van der Waals surface area contributed by atoms with Crippen molar-refractivity contribution in [3.05, 3.63) is 58.1 Å². The van der Waals surface area contributed by atoms with E-state index < -0.39 is 0 Å². The summed E-state index contributed by atoms with van der Waals surface area (Å²) < 4.78 is 6.32. The minimum Gasteiger partial charge on any atom is -0.497 e. The Morgan fingerprint density at radius 1 is 1.11 bits per heavy atom. The van der Waals surface area contributed by atoms with Crippen molar-refractivity contribution in [2.75, 3.05) is 12.4 Å². The third-order valence-corrected chi connectivity index (χ3v) is 3.99. The van der Waals surface area contributed by atoms with Crippen molar-refractivity contribution < 1.29 is 4.74 Å². The second-order valence-corrected chi connectivity index (χ2v) is 5.81. The van der Waals surface area contributed by atoms with Crippen LogP contribution in [0.1, 0.15) is 11.1 Å². The number of methoxy groups -OCH3 is 1. The molecule has 2 nitrogen and oxygen atoms in total. The normalized spacial score (nSPS) is 14.2. The first-order valence-corrected chi connectivity index (χ1v) is 7.22. The Hall–Kier alpha value is -1.48. The molecule has 19 heavy (non-hydrogen) atoms. The highest BCUT2D eigenvalue weighted by Crippen LogP contribution is 2.28. The van der Waals surface area contributed by atoms with Gasteiger partial charge in [-0.15, -0.1) is 0 Å². The summed E-state index contributed by atoms with van der Waals surface area (Å²) in [6.07, 6.45) is 2.18. The van der Waals surface area contributed by atoms with Crippen molar-refractivity contribution >= 4 is 21.6 Å². The summed E-state index contributed by atoms with van der Waals surface area (Å²) in [7, 11) is 1.69. The van der Waals surface area contributed by atoms with Crippen LogP contribution < -0.4 is 10.1 Å². The minimum atomic E-state index is 0.469. The average molecular weight is 318 g/mol. The third kappa shape index (κ3) is 2.76. The van der Waals surface area contributed by atoms with Gasteiger partial charge < -0.3 is 10.1 Å². The number of hydrogen-bond acceptors (Lipinski definition) is 2. The zero-order valence-corrected chi connectivity index (χ0v) is 12.4. The molecule has 0 bridgehead atoms. The van der Waals surface area contributed by atoms with Crippen molar-refractivity contribution in [3.8, 4) is 5.75 Å². The second-order valence-electron chi connectivity index (χ2n) is 4.90. The van der Waals surface area contributed by atoms with Crippen LogP contribution in [0.25, 0.3) is 0 Å². The summed E-state index contributed by atoms with van der Waals surface area (Å²) in [5.74, 6) is 0.868. The molecule has 3 heteroatoms. The molecule has 1 aliphatic carbocycles. The summed E-state index contributed by atoms with van der Waals surface area (Å²) >= 11 is 3.51. The van der Waals surface area contributed by atoms with Gasteiger partial charge in [-0.3, -0.25) is 0 Å². The van der Waals surface area contributed by atoms with E-state index in [1.165, 1.54) is 11.1 Å². The second kappa shape index (κ2) is 5.25. The Labute approximate surface area is 121 Å². The van der Waals surface area contributed by atoms with Crippen LogP contribution in [0.4, 0.5) is 5.69 Å². The molecular weight excluding hydrogens is 302 g/mol. The maximum Gasteiger partial charge on any atom is 0.122 e. The van der Waals surface area contributed by atoms with Crippen molar-refractivity contribution in [2.24, 2.45) is 0 Å². The monoisotopic (exact) mass is 317 g/mol. The van der Waals surface area contributed by atoms with E-state index in [0.717, 1.165) is 28.8 Å². The predicted octanol–water partition coefficient (Wildman–Crippen LogP) is 4.04. The molecule has 0 unspecified atom stereocenters. The Balaban J connectivity index is 1.75. The number of benzene rings is 2. The lowest BCUT2D eigenvalue weighted by molar-refractivity contribution is 0.414. The molecule has 1 N–H and O–H groups in total. The van der Waals surface area contributed by atoms with Crippen molar-refractivity contribution in [1.82, 2.24) is 0 Å². The van der Waals surface area contributed by atoms with Gasteiger partial charge in [-0.25, -0.2) is 0 Å². The van der Waals surface area contributed by atoms with Crippen molar-refractivity contribution in [3.63, 3.8) is 0 Å². The molecule has 2 aromatic rings. The number of rotatable bonds is 3. The fraction of sp³-hybridized carbons (Fsp3) is 0.250. The highest BCUT2D eigenvalue weighted by Gasteiger charge is 2.20. The lowest BCUT2D eigenvalue weighted by Crippen LogP contribution is -2.19. The van der Waals surface area contributed by atoms with E-state index in [1.807, 2.05) is 12.1 Å². The Morgan fingerprint density at radius 2 is 1.79 bits per heavy atom. The average Bonchev–Trinajstić information content (AvgIpc) is 2.80. The standard InChI is InChI=1S/C16H16BrNO/c1-19-16-9-13(17)8-15(10-16)18-14-6-11-4-2-3-5-12(11)7-14/h2-5,8-10,14,18H,6-7H2,1H3. The maximum absolute atomic E-state index is 5.29. The topological polar surface area (TPSA) is 21.3 Å². The highest BCUT2D eigenvalue weighted by molar-refractivity contribution is 9.10. The van der Waals surface area contributed by atoms with Crippen LogP contribution in [0.15, 0.2) is 46.9 Å². The lowest BCUT2D eigenvalue weighted by atomic mass is 10.1. The molecule has 0 aromatic heterocycles. The SMILES string of the molecule is COc1cc(Br)cc(NC2Cc3ccccc3C2)c1. The summed E-state index contributed by atoms with van der Waals surface area (Å²) in [6.45, 7) is 0. The van der Waals surface area contributed by atoms with Crippen LogP contribution in [0.3, 0.4) is 0 Å². The van der Waals surface area contributed by atoms with Gasteiger partial charge in [-0.05, 0) is 36.1 Å². The molecule has 0 saturated carbocycles. The molecule has 0 radical (unpaired) electrons. The van der Waals surface area contributed by atoms with Gasteiger partial charge in [0, 0.05) is 22.3 Å². The summed E-state index contributed by atoms with van der Waals surface area (Å²) in [4.78, 5) is 0. The van der Waals surface area contributed by atoms with E-state index in [2.05, 4.69) is 51.6 Å². The Kier molecular flexibility index (Phi) is 3.47. The number of ether oxygens (including phenoxy) is 1. The van der Waals surface area contributed by atoms with Gasteiger partial charge in [0.05, 0.1) is 7.11 Å². The van der Waals surface area contributed by atoms with E-state index in [9.17, 15) is 0 Å². The van der Waals surface area contributed by atoms with E-state index in [-0.39, 0.29) is 0 Å². The minimum absolute atomic E-state index is 0.469. The third-order valence-electron chi connectivity index (χ3n) is 3.53. The molecule has 2 aromatic carbocycles. The summed E-state index contributed by atoms with van der Waals surface area (Å²) in [6, 6.07) is 15.2. The number of anilines is 1. The molecule has 0 saturated heterocycles. The van der Waals surface area contributed by atoms with Gasteiger partial charge in [0.2, 0.25) is 0 Å². The Morgan fingerprint density at radius 3 is 2.42 bits per heavy atom. The van der Waals surface area contributed by atoms with E-state index in [1.54, 1.807) is 7.11 Å². The van der Waals surface area contributed by atoms with Crippen LogP contribution in [0.5, 0.6) is 5.75 Å². The molecule has 0 fully saturated rings. The summed E-state index contributed by atoms with van der Waals surface area (Å²) in [5, 5.41) is 3.59. The molecule has 0 spiro atoms. The van der Waals surface area contributed by atoms with Gasteiger partial charge in [0.25, 0.3) is 0 Å². The number of nitrogens with one attached hydrogen (secondary N) is 1. The fourth-order valence-corrected chi connectivity index (χ4v) is 3.13. The predicted molar refractivity (Wildman–Crippen MR) is 82.0 cm³/mol. The molecule has 0 aliphatic heterocycles. The molecule has 98 valence electrons. The first-order valence-electron chi connectivity index (χ1n) is 6.42. The first kappa shape index (κ1) is 12.5. The van der Waals surface area contributed by atoms with Gasteiger partial charge in [-0.2, -0.15) is 0 Å². The first-order chi connectivity index (χ1) is 9.24. The summed E-state index contributed by atoms with van der Waals surface area (Å²) in [5.41, 5.74) is 4.02. The van der Waals surface area contributed by atoms with E-state index in [0.29, 0.717) is 6.04 Å². The molecule has 3 rings (SSSR count). The van der Waals surface area contributed by atoms with Crippen LogP contribution in [-0.4, -0.2) is 13.2 Å². The number of hydrogen-bond donors (Lipinski definition) is 1. The number of fused-ring (bicyclic) bond motifs is 1. The zero-order valence-electron chi connectivity index (χ0n) is 10.8. The maximum atomic E-state index is 5.29. The van der Waals surface area contributed by atoms with Crippen LogP contribution in [0, 0.1) is 0 Å². The largest absolute Gasteiger partial charge is 0.497 e. The fourth-order valence-electron chi connectivity index (χ4n) is 2.66. The van der Waals surface area contributed by atoms with Crippen molar-refractivity contribution in [1.29, 1.82) is 0 Å². The van der Waals surface area contributed by atoms with Gasteiger partial charge in [0.15, 0.2) is 0 Å². The molecule has 0 heterocycles. The van der Waals surface area contributed by atoms with Crippen LogP contribution >= 0.6 is 15.9 Å². The van der Waals surface area contributed by atoms with Gasteiger partial charge in [0.1, 0.15) is 5.75 Å². The van der Waals surface area contributed by atoms with Crippen molar-refractivity contribution in [2.45, 2.75) is 18.9 Å². The van der Waals surface area contributed by atoms with Gasteiger partial charge in [-0.1, -0.05) is 40.2 Å². The molecule has 1 aliphatic rings. The molecule has 0 atom stereocenters. The molecular formula is C16H16BrNO. The molecule has 0 amide bonds. The smallest absolute Gasteiger partial charge is 0.122 e. The van der Waals surface area contributed by atoms with E-state index in [4.69, 9.17) is 4.74 Å². The van der Waals surface area contributed by atoms with E-state index >= 15 is 0 Å². The Bertz CT molecular complexity index is 572. The van der Waals surface area contributed by atoms with Crippen LogP contribution in [-0.2, 0) is 12.8 Å². The lowest BCUT2D eigenvalue weighted by Gasteiger charge is -2.15. The number of halogens is 1. The highest BCUT2D eigenvalue weighted by atomic mass is 79.9. The quantitative estimate of drug-likeness (QED) is 0.922. The zero-order chi connectivity index (χ0) is 13.2. The van der Waals surface area contributed by atoms with Gasteiger partial charge >= 0.3 is 0 Å².